The zero-order valence-corrected chi connectivity index (χ0v) is 11.2. The van der Waals surface area contributed by atoms with Crippen molar-refractivity contribution in [3.8, 4) is 5.75 Å². The largest absolute Gasteiger partial charge is 0.508 e. The van der Waals surface area contributed by atoms with Crippen molar-refractivity contribution in [2.45, 2.75) is 24.6 Å². The van der Waals surface area contributed by atoms with Crippen LogP contribution in [0.2, 0.25) is 0 Å². The summed E-state index contributed by atoms with van der Waals surface area (Å²) in [5.74, 6) is 0.830. The van der Waals surface area contributed by atoms with Crippen LogP contribution in [0.4, 0.5) is 0 Å². The van der Waals surface area contributed by atoms with E-state index in [2.05, 4.69) is 0 Å². The predicted molar refractivity (Wildman–Crippen MR) is 71.8 cm³/mol. The van der Waals surface area contributed by atoms with Crippen LogP contribution in [0.5, 0.6) is 5.75 Å². The topological polar surface area (TPSA) is 40.5 Å². The molecule has 0 aliphatic heterocycles. The van der Waals surface area contributed by atoms with Gasteiger partial charge in [-0.1, -0.05) is 12.1 Å². The fourth-order valence-corrected chi connectivity index (χ4v) is 2.77. The Morgan fingerprint density at radius 1 is 1.50 bits per heavy atom. The number of halogens is 1. The standard InChI is InChI=1S/C14H18ClNO2/c1-16(9-11-5-12(15)6-11)14(18)8-10-3-2-4-13(17)7-10/h2-4,7,11-12,17H,5-6,8-9H2,1H3. The highest BCUT2D eigenvalue weighted by atomic mass is 35.5. The summed E-state index contributed by atoms with van der Waals surface area (Å²) in [7, 11) is 1.83. The molecule has 1 aromatic carbocycles. The molecular weight excluding hydrogens is 250 g/mol. The maximum absolute atomic E-state index is 12.0. The van der Waals surface area contributed by atoms with Crippen LogP contribution < -0.4 is 0 Å². The van der Waals surface area contributed by atoms with Crippen molar-refractivity contribution in [3.05, 3.63) is 29.8 Å². The van der Waals surface area contributed by atoms with Crippen molar-refractivity contribution in [3.63, 3.8) is 0 Å². The summed E-state index contributed by atoms with van der Waals surface area (Å²) in [5, 5.41) is 9.64. The number of hydrogen-bond donors (Lipinski definition) is 1. The van der Waals surface area contributed by atoms with Gasteiger partial charge in [-0.25, -0.2) is 0 Å². The number of likely N-dealkylation sites (N-methyl/N-ethyl adjacent to an activating group) is 1. The SMILES string of the molecule is CN(CC1CC(Cl)C1)C(=O)Cc1cccc(O)c1. The number of benzene rings is 1. The molecule has 0 spiro atoms. The summed E-state index contributed by atoms with van der Waals surface area (Å²) in [5.41, 5.74) is 0.843. The molecule has 0 unspecified atom stereocenters. The minimum Gasteiger partial charge on any atom is -0.508 e. The molecular formula is C14H18ClNO2. The second-order valence-corrected chi connectivity index (χ2v) is 5.67. The lowest BCUT2D eigenvalue weighted by atomic mass is 9.84. The van der Waals surface area contributed by atoms with Gasteiger partial charge in [-0.05, 0) is 36.5 Å². The molecule has 18 heavy (non-hydrogen) atoms. The molecule has 98 valence electrons. The minimum atomic E-state index is 0.0821. The molecule has 1 aliphatic carbocycles. The fourth-order valence-electron chi connectivity index (χ4n) is 2.27. The normalized spacial score (nSPS) is 22.3. The van der Waals surface area contributed by atoms with Gasteiger partial charge in [0.1, 0.15) is 5.75 Å². The maximum atomic E-state index is 12.0. The quantitative estimate of drug-likeness (QED) is 0.851. The molecule has 3 nitrogen and oxygen atoms in total. The van der Waals surface area contributed by atoms with Gasteiger partial charge in [-0.3, -0.25) is 4.79 Å². The first-order valence-corrected chi connectivity index (χ1v) is 6.64. The van der Waals surface area contributed by atoms with Crippen molar-refractivity contribution in [2.24, 2.45) is 5.92 Å². The minimum absolute atomic E-state index is 0.0821. The summed E-state index contributed by atoms with van der Waals surface area (Å²) in [6, 6.07) is 6.84. The smallest absolute Gasteiger partial charge is 0.226 e. The van der Waals surface area contributed by atoms with Crippen LogP contribution in [0.3, 0.4) is 0 Å². The summed E-state index contributed by atoms with van der Waals surface area (Å²) in [4.78, 5) is 13.8. The molecule has 0 bridgehead atoms. The molecule has 1 N–H and O–H groups in total. The molecule has 1 aromatic rings. The van der Waals surface area contributed by atoms with Crippen LogP contribution in [0.1, 0.15) is 18.4 Å². The zero-order valence-electron chi connectivity index (χ0n) is 10.5. The van der Waals surface area contributed by atoms with Gasteiger partial charge in [0.15, 0.2) is 0 Å². The van der Waals surface area contributed by atoms with Crippen LogP contribution in [0.25, 0.3) is 0 Å². The molecule has 2 rings (SSSR count). The van der Waals surface area contributed by atoms with Crippen LogP contribution in [0.15, 0.2) is 24.3 Å². The number of rotatable bonds is 4. The Labute approximate surface area is 112 Å². The number of hydrogen-bond acceptors (Lipinski definition) is 2. The summed E-state index contributed by atoms with van der Waals surface area (Å²) >= 11 is 5.92. The predicted octanol–water partition coefficient (Wildman–Crippen LogP) is 2.41. The van der Waals surface area contributed by atoms with Gasteiger partial charge in [0.25, 0.3) is 0 Å². The van der Waals surface area contributed by atoms with Crippen molar-refractivity contribution in [1.82, 2.24) is 4.90 Å². The van der Waals surface area contributed by atoms with Crippen molar-refractivity contribution in [2.75, 3.05) is 13.6 Å². The average molecular weight is 268 g/mol. The van der Waals surface area contributed by atoms with Crippen LogP contribution >= 0.6 is 11.6 Å². The first kappa shape index (κ1) is 13.2. The Balaban J connectivity index is 1.83. The van der Waals surface area contributed by atoms with Gasteiger partial charge >= 0.3 is 0 Å². The Bertz CT molecular complexity index is 430. The highest BCUT2D eigenvalue weighted by molar-refractivity contribution is 6.21. The third-order valence-electron chi connectivity index (χ3n) is 3.40. The van der Waals surface area contributed by atoms with Crippen molar-refractivity contribution < 1.29 is 9.90 Å². The van der Waals surface area contributed by atoms with Crippen LogP contribution in [-0.2, 0) is 11.2 Å². The molecule has 0 radical (unpaired) electrons. The van der Waals surface area contributed by atoms with Crippen LogP contribution in [-0.4, -0.2) is 34.9 Å². The lowest BCUT2D eigenvalue weighted by molar-refractivity contribution is -0.130. The lowest BCUT2D eigenvalue weighted by Crippen LogP contribution is -2.38. The van der Waals surface area contributed by atoms with E-state index in [1.54, 1.807) is 23.1 Å². The van der Waals surface area contributed by atoms with E-state index in [4.69, 9.17) is 11.6 Å². The molecule has 0 atom stereocenters. The maximum Gasteiger partial charge on any atom is 0.226 e. The molecule has 0 saturated heterocycles. The Morgan fingerprint density at radius 2 is 2.22 bits per heavy atom. The Morgan fingerprint density at radius 3 is 2.83 bits per heavy atom. The Hall–Kier alpha value is -1.22. The molecule has 0 heterocycles. The van der Waals surface area contributed by atoms with E-state index in [-0.39, 0.29) is 11.7 Å². The summed E-state index contributed by atoms with van der Waals surface area (Å²) in [6.45, 7) is 0.779. The number of phenols is 1. The third kappa shape index (κ3) is 3.39. The highest BCUT2D eigenvalue weighted by Gasteiger charge is 2.29. The number of phenolic OH excluding ortho intramolecular Hbond substituents is 1. The van der Waals surface area contributed by atoms with Gasteiger partial charge in [0.2, 0.25) is 5.91 Å². The van der Waals surface area contributed by atoms with E-state index in [1.165, 1.54) is 0 Å². The first-order valence-electron chi connectivity index (χ1n) is 6.20. The van der Waals surface area contributed by atoms with Gasteiger partial charge in [-0.2, -0.15) is 0 Å². The lowest BCUT2D eigenvalue weighted by Gasteiger charge is -2.34. The number of nitrogens with zero attached hydrogens (tertiary/aromatic N) is 1. The van der Waals surface area contributed by atoms with E-state index >= 15 is 0 Å². The first-order chi connectivity index (χ1) is 8.54. The number of alkyl halides is 1. The number of aromatic hydroxyl groups is 1. The van der Waals surface area contributed by atoms with Gasteiger partial charge in [0, 0.05) is 19.0 Å². The second-order valence-electron chi connectivity index (χ2n) is 5.06. The van der Waals surface area contributed by atoms with Crippen LogP contribution in [0, 0.1) is 5.92 Å². The zero-order chi connectivity index (χ0) is 13.1. The van der Waals surface area contributed by atoms with Crippen molar-refractivity contribution >= 4 is 17.5 Å². The molecule has 1 aliphatic rings. The summed E-state index contributed by atoms with van der Waals surface area (Å²) in [6.07, 6.45) is 2.35. The molecule has 1 saturated carbocycles. The molecule has 1 fully saturated rings. The van der Waals surface area contributed by atoms with Gasteiger partial charge in [0.05, 0.1) is 6.42 Å². The van der Waals surface area contributed by atoms with E-state index in [0.717, 1.165) is 24.9 Å². The molecule has 0 aromatic heterocycles. The van der Waals surface area contributed by atoms with E-state index in [0.29, 0.717) is 17.7 Å². The fraction of sp³-hybridized carbons (Fsp3) is 0.500. The number of amides is 1. The van der Waals surface area contributed by atoms with E-state index in [9.17, 15) is 9.90 Å². The monoisotopic (exact) mass is 267 g/mol. The van der Waals surface area contributed by atoms with E-state index < -0.39 is 0 Å². The average Bonchev–Trinajstić information content (AvgIpc) is 2.26. The molecule has 4 heteroatoms. The second kappa shape index (κ2) is 5.61. The summed E-state index contributed by atoms with van der Waals surface area (Å²) < 4.78 is 0. The number of carbonyl (C=O) groups is 1. The van der Waals surface area contributed by atoms with Gasteiger partial charge in [-0.15, -0.1) is 11.6 Å². The van der Waals surface area contributed by atoms with Gasteiger partial charge < -0.3 is 10.0 Å². The number of carbonyl (C=O) groups excluding carboxylic acids is 1. The van der Waals surface area contributed by atoms with E-state index in [1.807, 2.05) is 13.1 Å². The third-order valence-corrected chi connectivity index (χ3v) is 3.76. The van der Waals surface area contributed by atoms with Crippen molar-refractivity contribution in [1.29, 1.82) is 0 Å². The Kier molecular flexibility index (Phi) is 4.12. The molecule has 1 amide bonds. The highest BCUT2D eigenvalue weighted by Crippen LogP contribution is 2.32.